The molecule has 0 spiro atoms. The molecule has 0 fully saturated rings. The highest BCUT2D eigenvalue weighted by Crippen LogP contribution is 2.30. The number of nitro benzene ring substituents is 1. The second kappa shape index (κ2) is 11.0. The number of nitrogens with one attached hydrogen (secondary N) is 1. The molecule has 0 atom stereocenters. The predicted molar refractivity (Wildman–Crippen MR) is 129 cm³/mol. The number of hydrogen-bond donors (Lipinski definition) is 1. The summed E-state index contributed by atoms with van der Waals surface area (Å²) in [6, 6.07) is 18.2. The number of halogens is 1. The van der Waals surface area contributed by atoms with Crippen molar-refractivity contribution in [1.29, 1.82) is 5.26 Å². The van der Waals surface area contributed by atoms with E-state index in [4.69, 9.17) is 21.1 Å². The average Bonchev–Trinajstić information content (AvgIpc) is 2.83. The third-order valence-electron chi connectivity index (χ3n) is 4.85. The number of nitrogens with zero attached hydrogens (tertiary/aromatic N) is 2. The molecule has 34 heavy (non-hydrogen) atoms. The number of non-ortho nitro benzene ring substituents is 1. The molecule has 0 radical (unpaired) electrons. The number of benzene rings is 3. The fourth-order valence-corrected chi connectivity index (χ4v) is 3.12. The van der Waals surface area contributed by atoms with Crippen molar-refractivity contribution in [2.75, 3.05) is 12.4 Å². The summed E-state index contributed by atoms with van der Waals surface area (Å²) in [6.07, 6.45) is 1.40. The van der Waals surface area contributed by atoms with Crippen molar-refractivity contribution in [1.82, 2.24) is 0 Å². The van der Waals surface area contributed by atoms with Crippen molar-refractivity contribution in [3.05, 3.63) is 98.1 Å². The molecule has 0 bridgehead atoms. The van der Waals surface area contributed by atoms with Crippen LogP contribution in [0.4, 0.5) is 11.4 Å². The molecule has 172 valence electrons. The number of hydrogen-bond acceptors (Lipinski definition) is 6. The van der Waals surface area contributed by atoms with Crippen LogP contribution in [0, 0.1) is 28.4 Å². The van der Waals surface area contributed by atoms with Crippen LogP contribution in [0.15, 0.2) is 66.2 Å². The van der Waals surface area contributed by atoms with Crippen LogP contribution in [0.2, 0.25) is 5.02 Å². The normalized spacial score (nSPS) is 10.8. The Bertz CT molecular complexity index is 1300. The summed E-state index contributed by atoms with van der Waals surface area (Å²) in [5.74, 6) is 0.229. The van der Waals surface area contributed by atoms with Crippen LogP contribution >= 0.6 is 11.6 Å². The van der Waals surface area contributed by atoms with Gasteiger partial charge in [-0.25, -0.2) is 0 Å². The van der Waals surface area contributed by atoms with Crippen LogP contribution in [0.1, 0.15) is 16.7 Å². The lowest BCUT2D eigenvalue weighted by atomic mass is 10.1. The molecule has 0 aliphatic rings. The predicted octanol–water partition coefficient (Wildman–Crippen LogP) is 5.69. The molecule has 0 heterocycles. The van der Waals surface area contributed by atoms with Gasteiger partial charge < -0.3 is 14.8 Å². The van der Waals surface area contributed by atoms with Crippen molar-refractivity contribution in [2.45, 2.75) is 13.5 Å². The van der Waals surface area contributed by atoms with E-state index < -0.39 is 10.8 Å². The lowest BCUT2D eigenvalue weighted by Gasteiger charge is -2.12. The third kappa shape index (κ3) is 6.12. The first-order valence-corrected chi connectivity index (χ1v) is 10.4. The Kier molecular flexibility index (Phi) is 7.85. The Labute approximate surface area is 201 Å². The summed E-state index contributed by atoms with van der Waals surface area (Å²) < 4.78 is 11.2. The third-order valence-corrected chi connectivity index (χ3v) is 5.10. The minimum atomic E-state index is -0.687. The molecule has 1 amide bonds. The summed E-state index contributed by atoms with van der Waals surface area (Å²) in [6.45, 7) is 2.00. The summed E-state index contributed by atoms with van der Waals surface area (Å²) in [7, 11) is 1.49. The summed E-state index contributed by atoms with van der Waals surface area (Å²) in [5.41, 5.74) is 2.00. The zero-order chi connectivity index (χ0) is 24.7. The molecule has 9 heteroatoms. The maximum atomic E-state index is 12.6. The maximum absolute atomic E-state index is 12.6. The molecule has 0 unspecified atom stereocenters. The van der Waals surface area contributed by atoms with E-state index in [-0.39, 0.29) is 16.9 Å². The van der Waals surface area contributed by atoms with E-state index in [1.165, 1.54) is 31.4 Å². The number of carbonyl (C=O) groups is 1. The zero-order valence-corrected chi connectivity index (χ0v) is 19.1. The fourth-order valence-electron chi connectivity index (χ4n) is 3.00. The molecule has 0 saturated heterocycles. The zero-order valence-electron chi connectivity index (χ0n) is 18.4. The van der Waals surface area contributed by atoms with E-state index in [9.17, 15) is 20.2 Å². The van der Waals surface area contributed by atoms with Gasteiger partial charge in [-0.3, -0.25) is 14.9 Å². The Balaban J connectivity index is 1.78. The number of anilines is 1. The highest BCUT2D eigenvalue weighted by molar-refractivity contribution is 6.30. The van der Waals surface area contributed by atoms with Gasteiger partial charge in [0.05, 0.1) is 17.7 Å². The first kappa shape index (κ1) is 24.3. The summed E-state index contributed by atoms with van der Waals surface area (Å²) >= 11 is 5.90. The van der Waals surface area contributed by atoms with Crippen LogP contribution < -0.4 is 14.8 Å². The van der Waals surface area contributed by atoms with Crippen molar-refractivity contribution >= 4 is 35.0 Å². The Morgan fingerprint density at radius 3 is 2.53 bits per heavy atom. The van der Waals surface area contributed by atoms with Crippen molar-refractivity contribution in [3.8, 4) is 17.6 Å². The molecular weight excluding hydrogens is 458 g/mol. The fraction of sp³-hybridized carbons (Fsp3) is 0.120. The van der Waals surface area contributed by atoms with Crippen molar-refractivity contribution in [2.24, 2.45) is 0 Å². The van der Waals surface area contributed by atoms with E-state index in [0.717, 1.165) is 5.56 Å². The molecule has 3 rings (SSSR count). The lowest BCUT2D eigenvalue weighted by molar-refractivity contribution is -0.384. The second-order valence-corrected chi connectivity index (χ2v) is 7.64. The molecule has 3 aromatic rings. The number of methoxy groups -OCH3 is 1. The highest BCUT2D eigenvalue weighted by atomic mass is 35.5. The van der Waals surface area contributed by atoms with Gasteiger partial charge in [-0.2, -0.15) is 5.26 Å². The Morgan fingerprint density at radius 1 is 1.15 bits per heavy atom. The maximum Gasteiger partial charge on any atom is 0.271 e. The van der Waals surface area contributed by atoms with E-state index in [1.54, 1.807) is 37.3 Å². The number of nitriles is 1. The number of rotatable bonds is 8. The van der Waals surface area contributed by atoms with E-state index in [1.807, 2.05) is 18.2 Å². The van der Waals surface area contributed by atoms with Gasteiger partial charge in [0, 0.05) is 17.2 Å². The first-order chi connectivity index (χ1) is 16.3. The van der Waals surface area contributed by atoms with E-state index in [2.05, 4.69) is 5.32 Å². The van der Waals surface area contributed by atoms with Crippen LogP contribution in [-0.4, -0.2) is 17.9 Å². The van der Waals surface area contributed by atoms with Gasteiger partial charge in [-0.1, -0.05) is 35.9 Å². The lowest BCUT2D eigenvalue weighted by Crippen LogP contribution is -2.14. The number of aryl methyl sites for hydroxylation is 1. The highest BCUT2D eigenvalue weighted by Gasteiger charge is 2.15. The SMILES string of the molecule is COc1cc(/C=C(\C#N)C(=O)Nc2cc([N+](=O)[O-])ccc2C)ccc1OCc1ccc(Cl)cc1. The van der Waals surface area contributed by atoms with Crippen LogP contribution in [0.3, 0.4) is 0 Å². The van der Waals surface area contributed by atoms with Gasteiger partial charge in [0.15, 0.2) is 11.5 Å². The van der Waals surface area contributed by atoms with Crippen LogP contribution in [0.25, 0.3) is 6.08 Å². The standard InChI is InChI=1S/C25H20ClN3O5/c1-16-3-9-21(29(31)32)13-22(16)28-25(30)19(14-27)11-18-6-10-23(24(12-18)33-2)34-15-17-4-7-20(26)8-5-17/h3-13H,15H2,1-2H3,(H,28,30)/b19-11+. The minimum Gasteiger partial charge on any atom is -0.493 e. The molecule has 0 saturated carbocycles. The number of amides is 1. The molecular formula is C25H20ClN3O5. The van der Waals surface area contributed by atoms with E-state index in [0.29, 0.717) is 34.3 Å². The molecule has 3 aromatic carbocycles. The smallest absolute Gasteiger partial charge is 0.271 e. The minimum absolute atomic E-state index is 0.165. The van der Waals surface area contributed by atoms with Gasteiger partial charge in [0.1, 0.15) is 18.2 Å². The van der Waals surface area contributed by atoms with Gasteiger partial charge in [-0.05, 0) is 54.0 Å². The van der Waals surface area contributed by atoms with Gasteiger partial charge in [0.2, 0.25) is 0 Å². The average molecular weight is 478 g/mol. The Hall–Kier alpha value is -4.35. The number of ether oxygens (including phenoxy) is 2. The second-order valence-electron chi connectivity index (χ2n) is 7.21. The largest absolute Gasteiger partial charge is 0.493 e. The molecule has 0 aromatic heterocycles. The molecule has 8 nitrogen and oxygen atoms in total. The number of nitro groups is 1. The summed E-state index contributed by atoms with van der Waals surface area (Å²) in [4.78, 5) is 23.1. The van der Waals surface area contributed by atoms with Gasteiger partial charge in [-0.15, -0.1) is 0 Å². The van der Waals surface area contributed by atoms with Crippen LogP contribution in [-0.2, 0) is 11.4 Å². The topological polar surface area (TPSA) is 114 Å². The monoisotopic (exact) mass is 477 g/mol. The van der Waals surface area contributed by atoms with E-state index >= 15 is 0 Å². The van der Waals surface area contributed by atoms with Gasteiger partial charge in [0.25, 0.3) is 11.6 Å². The van der Waals surface area contributed by atoms with Crippen molar-refractivity contribution < 1.29 is 19.2 Å². The van der Waals surface area contributed by atoms with Crippen LogP contribution in [0.5, 0.6) is 11.5 Å². The quantitative estimate of drug-likeness (QED) is 0.193. The Morgan fingerprint density at radius 2 is 1.88 bits per heavy atom. The molecule has 0 aliphatic heterocycles. The van der Waals surface area contributed by atoms with Gasteiger partial charge >= 0.3 is 0 Å². The summed E-state index contributed by atoms with van der Waals surface area (Å²) in [5, 5.41) is 23.7. The molecule has 1 N–H and O–H groups in total. The number of carbonyl (C=O) groups excluding carboxylic acids is 1. The van der Waals surface area contributed by atoms with Crippen molar-refractivity contribution in [3.63, 3.8) is 0 Å². The first-order valence-electron chi connectivity index (χ1n) is 10.0. The molecule has 0 aliphatic carbocycles.